The maximum absolute atomic E-state index is 6.36. The molecule has 132 valence electrons. The monoisotopic (exact) mass is 382 g/mol. The summed E-state index contributed by atoms with van der Waals surface area (Å²) in [5.74, 6) is 0. The molecule has 26 heavy (non-hydrogen) atoms. The number of fused-ring (bicyclic) bond motifs is 1. The summed E-state index contributed by atoms with van der Waals surface area (Å²) in [5.41, 5.74) is 6.17. The number of aryl methyl sites for hydroxylation is 1. The van der Waals surface area contributed by atoms with Gasteiger partial charge in [0.2, 0.25) is 6.33 Å². The zero-order chi connectivity index (χ0) is 17.2. The summed E-state index contributed by atoms with van der Waals surface area (Å²) < 4.78 is 4.57. The van der Waals surface area contributed by atoms with E-state index in [0.717, 1.165) is 23.7 Å². The van der Waals surface area contributed by atoms with Gasteiger partial charge in [-0.3, -0.25) is 0 Å². The molecule has 0 saturated heterocycles. The zero-order valence-corrected chi connectivity index (χ0v) is 16.1. The third kappa shape index (κ3) is 3.77. The van der Waals surface area contributed by atoms with Crippen LogP contribution in [0.25, 0.3) is 11.0 Å². The maximum Gasteiger partial charge on any atom is 0.245 e. The lowest BCUT2D eigenvalue weighted by molar-refractivity contribution is -0.663. The predicted molar refractivity (Wildman–Crippen MR) is 103 cm³/mol. The van der Waals surface area contributed by atoms with Gasteiger partial charge in [-0.1, -0.05) is 71.8 Å². The van der Waals surface area contributed by atoms with Gasteiger partial charge in [0, 0.05) is 10.6 Å². The lowest BCUT2D eigenvalue weighted by Crippen LogP contribution is -3.00. The Bertz CT molecular complexity index is 1020. The van der Waals surface area contributed by atoms with E-state index >= 15 is 0 Å². The minimum atomic E-state index is 0. The van der Waals surface area contributed by atoms with Crippen molar-refractivity contribution in [3.05, 3.63) is 101 Å². The molecule has 0 aliphatic heterocycles. The predicted octanol–water partition coefficient (Wildman–Crippen LogP) is 1.99. The number of halogens is 2. The Morgan fingerprint density at radius 2 is 1.58 bits per heavy atom. The number of hydrogen-bond acceptors (Lipinski definition) is 0. The number of imidazole rings is 1. The molecule has 1 aromatic heterocycles. The Morgan fingerprint density at radius 3 is 2.35 bits per heavy atom. The summed E-state index contributed by atoms with van der Waals surface area (Å²) in [7, 11) is 0. The second kappa shape index (κ2) is 7.94. The van der Waals surface area contributed by atoms with E-state index in [9.17, 15) is 0 Å². The Balaban J connectivity index is 0.00000196. The van der Waals surface area contributed by atoms with Crippen molar-refractivity contribution < 1.29 is 17.0 Å². The standard InChI is InChI=1S/C22H20ClN2.ClH/c1-17-10-12-18(13-11-17)14-24-16-25(22-9-5-4-8-21(22)24)15-19-6-2-3-7-20(19)23;/h2-13,16H,14-15H2,1H3;1H/q+1;/p-1. The molecule has 4 aromatic rings. The van der Waals surface area contributed by atoms with Gasteiger partial charge in [0.15, 0.2) is 11.0 Å². The first-order valence-corrected chi connectivity index (χ1v) is 8.85. The Hall–Kier alpha value is -2.29. The van der Waals surface area contributed by atoms with Gasteiger partial charge in [0.1, 0.15) is 13.1 Å². The topological polar surface area (TPSA) is 8.81 Å². The molecule has 4 rings (SSSR count). The number of para-hydroxylation sites is 2. The average molecular weight is 383 g/mol. The van der Waals surface area contributed by atoms with Gasteiger partial charge >= 0.3 is 0 Å². The molecule has 0 amide bonds. The molecule has 3 aromatic carbocycles. The first-order valence-electron chi connectivity index (χ1n) is 8.47. The Labute approximate surface area is 165 Å². The van der Waals surface area contributed by atoms with Crippen LogP contribution in [0.1, 0.15) is 16.7 Å². The summed E-state index contributed by atoms with van der Waals surface area (Å²) in [6.07, 6.45) is 2.19. The maximum atomic E-state index is 6.36. The molecule has 1 heterocycles. The molecule has 4 heteroatoms. The van der Waals surface area contributed by atoms with Crippen LogP contribution in [0.15, 0.2) is 79.1 Å². The second-order valence-corrected chi connectivity index (χ2v) is 6.84. The van der Waals surface area contributed by atoms with Crippen molar-refractivity contribution in [3.63, 3.8) is 0 Å². The lowest BCUT2D eigenvalue weighted by Gasteiger charge is -2.01. The van der Waals surface area contributed by atoms with Crippen molar-refractivity contribution in [1.29, 1.82) is 0 Å². The highest BCUT2D eigenvalue weighted by atomic mass is 35.5. The van der Waals surface area contributed by atoms with E-state index in [4.69, 9.17) is 11.6 Å². The fourth-order valence-electron chi connectivity index (χ4n) is 3.19. The van der Waals surface area contributed by atoms with Crippen LogP contribution in [-0.4, -0.2) is 4.57 Å². The van der Waals surface area contributed by atoms with E-state index in [1.165, 1.54) is 22.2 Å². The van der Waals surface area contributed by atoms with E-state index in [1.54, 1.807) is 0 Å². The third-order valence-electron chi connectivity index (χ3n) is 4.55. The van der Waals surface area contributed by atoms with Crippen LogP contribution in [-0.2, 0) is 13.1 Å². The minimum absolute atomic E-state index is 0. The van der Waals surface area contributed by atoms with Crippen molar-refractivity contribution in [2.75, 3.05) is 0 Å². The summed E-state index contributed by atoms with van der Waals surface area (Å²) in [6, 6.07) is 25.3. The van der Waals surface area contributed by atoms with Gasteiger partial charge in [0.05, 0.1) is 0 Å². The molecular formula is C22H20Cl2N2. The quantitative estimate of drug-likeness (QED) is 0.477. The lowest BCUT2D eigenvalue weighted by atomic mass is 10.1. The number of aromatic nitrogens is 2. The number of hydrogen-bond donors (Lipinski definition) is 0. The molecule has 0 saturated carbocycles. The Morgan fingerprint density at radius 1 is 0.885 bits per heavy atom. The number of nitrogens with zero attached hydrogens (tertiary/aromatic N) is 2. The highest BCUT2D eigenvalue weighted by Crippen LogP contribution is 2.19. The van der Waals surface area contributed by atoms with Crippen molar-refractivity contribution >= 4 is 22.6 Å². The molecule has 0 spiro atoms. The highest BCUT2D eigenvalue weighted by Gasteiger charge is 2.16. The van der Waals surface area contributed by atoms with Crippen LogP contribution >= 0.6 is 11.6 Å². The van der Waals surface area contributed by atoms with Gasteiger partial charge in [-0.2, -0.15) is 0 Å². The van der Waals surface area contributed by atoms with Crippen molar-refractivity contribution in [3.8, 4) is 0 Å². The van der Waals surface area contributed by atoms with Crippen molar-refractivity contribution in [2.45, 2.75) is 20.0 Å². The summed E-state index contributed by atoms with van der Waals surface area (Å²) in [6.45, 7) is 3.74. The zero-order valence-electron chi connectivity index (χ0n) is 14.6. The summed E-state index contributed by atoms with van der Waals surface area (Å²) in [5, 5.41) is 0.811. The van der Waals surface area contributed by atoms with E-state index in [0.29, 0.717) is 0 Å². The molecule has 0 aliphatic carbocycles. The Kier molecular flexibility index (Phi) is 5.65. The van der Waals surface area contributed by atoms with E-state index in [-0.39, 0.29) is 12.4 Å². The SMILES string of the molecule is Cc1ccc(C[n+]2cn(Cc3ccccc3Cl)c3ccccc32)cc1.[Cl-]. The normalized spacial score (nSPS) is 10.7. The number of benzene rings is 3. The van der Waals surface area contributed by atoms with Crippen molar-refractivity contribution in [2.24, 2.45) is 0 Å². The van der Waals surface area contributed by atoms with Crippen LogP contribution < -0.4 is 17.0 Å². The van der Waals surface area contributed by atoms with Gasteiger partial charge in [-0.05, 0) is 30.7 Å². The van der Waals surface area contributed by atoms with Gasteiger partial charge in [-0.15, -0.1) is 0 Å². The smallest absolute Gasteiger partial charge is 0.245 e. The molecule has 0 unspecified atom stereocenters. The molecule has 2 nitrogen and oxygen atoms in total. The molecule has 0 bridgehead atoms. The van der Waals surface area contributed by atoms with Crippen LogP contribution in [0, 0.1) is 6.92 Å². The molecular weight excluding hydrogens is 363 g/mol. The summed E-state index contributed by atoms with van der Waals surface area (Å²) in [4.78, 5) is 0. The summed E-state index contributed by atoms with van der Waals surface area (Å²) >= 11 is 6.36. The highest BCUT2D eigenvalue weighted by molar-refractivity contribution is 6.31. The van der Waals surface area contributed by atoms with Crippen LogP contribution in [0.2, 0.25) is 5.02 Å². The molecule has 0 atom stereocenters. The van der Waals surface area contributed by atoms with E-state index < -0.39 is 0 Å². The molecule has 0 aliphatic rings. The van der Waals surface area contributed by atoms with E-state index in [2.05, 4.69) is 77.0 Å². The van der Waals surface area contributed by atoms with Crippen molar-refractivity contribution in [1.82, 2.24) is 4.57 Å². The fraction of sp³-hybridized carbons (Fsp3) is 0.136. The van der Waals surface area contributed by atoms with Gasteiger partial charge in [-0.25, -0.2) is 9.13 Å². The van der Waals surface area contributed by atoms with Gasteiger partial charge < -0.3 is 12.4 Å². The number of rotatable bonds is 4. The first kappa shape index (κ1) is 18.5. The van der Waals surface area contributed by atoms with Gasteiger partial charge in [0.25, 0.3) is 0 Å². The third-order valence-corrected chi connectivity index (χ3v) is 4.92. The largest absolute Gasteiger partial charge is 1.00 e. The van der Waals surface area contributed by atoms with E-state index in [1.807, 2.05) is 18.2 Å². The fourth-order valence-corrected chi connectivity index (χ4v) is 3.39. The first-order chi connectivity index (χ1) is 12.2. The van der Waals surface area contributed by atoms with Crippen LogP contribution in [0.5, 0.6) is 0 Å². The molecule has 0 fully saturated rings. The average Bonchev–Trinajstić information content (AvgIpc) is 2.97. The van der Waals surface area contributed by atoms with Crippen LogP contribution in [0.4, 0.5) is 0 Å². The minimum Gasteiger partial charge on any atom is -1.00 e. The second-order valence-electron chi connectivity index (χ2n) is 6.44. The van der Waals surface area contributed by atoms with Crippen LogP contribution in [0.3, 0.4) is 0 Å². The molecule has 0 N–H and O–H groups in total. The molecule has 0 radical (unpaired) electrons.